The number of ether oxygens (including phenoxy) is 1. The zero-order valence-electron chi connectivity index (χ0n) is 19.7. The summed E-state index contributed by atoms with van der Waals surface area (Å²) in [7, 11) is 1.64. The molecule has 0 saturated carbocycles. The molecule has 3 aromatic rings. The molecule has 6 heteroatoms. The van der Waals surface area contributed by atoms with Crippen molar-refractivity contribution < 1.29 is 9.84 Å². The van der Waals surface area contributed by atoms with Gasteiger partial charge in [0.25, 0.3) is 5.56 Å². The fraction of sp³-hybridized carbons (Fsp3) is 0.370. The lowest BCUT2D eigenvalue weighted by atomic mass is 9.95. The Morgan fingerprint density at radius 1 is 1.00 bits per heavy atom. The van der Waals surface area contributed by atoms with E-state index in [4.69, 9.17) is 4.74 Å². The number of hydrogen-bond acceptors (Lipinski definition) is 5. The molecule has 1 atom stereocenters. The molecule has 0 amide bonds. The second-order valence-electron chi connectivity index (χ2n) is 8.61. The second-order valence-corrected chi connectivity index (χ2v) is 8.61. The summed E-state index contributed by atoms with van der Waals surface area (Å²) in [5.74, 6) is 0.823. The Labute approximate surface area is 195 Å². The zero-order chi connectivity index (χ0) is 23.4. The van der Waals surface area contributed by atoms with Crippen LogP contribution in [0.1, 0.15) is 35.3 Å². The van der Waals surface area contributed by atoms with E-state index in [0.29, 0.717) is 12.1 Å². The first-order valence-electron chi connectivity index (χ1n) is 11.6. The molecule has 0 aliphatic carbocycles. The molecular weight excluding hydrogens is 414 g/mol. The van der Waals surface area contributed by atoms with Gasteiger partial charge in [-0.05, 0) is 42.8 Å². The van der Waals surface area contributed by atoms with E-state index in [1.807, 2.05) is 61.5 Å². The van der Waals surface area contributed by atoms with E-state index >= 15 is 0 Å². The maximum atomic E-state index is 13.9. The number of likely N-dealkylation sites (N-methyl/N-ethyl adjacent to an activating group) is 1. The molecule has 33 heavy (non-hydrogen) atoms. The van der Waals surface area contributed by atoms with Gasteiger partial charge in [0.2, 0.25) is 0 Å². The lowest BCUT2D eigenvalue weighted by molar-refractivity contribution is 0.111. The Morgan fingerprint density at radius 2 is 1.67 bits per heavy atom. The van der Waals surface area contributed by atoms with Crippen LogP contribution >= 0.6 is 0 Å². The standard InChI is InChI=1S/C27H33N3O3/c1-4-28-14-16-29(17-15-28)26(22-10-12-23(33-3)13-11-22)25-24(31)18-20(2)30(27(25)32)19-21-8-6-5-7-9-21/h5-13,18,26,31H,4,14-17,19H2,1-3H3/t26-/m1/s1. The summed E-state index contributed by atoms with van der Waals surface area (Å²) in [5.41, 5.74) is 3.07. The topological polar surface area (TPSA) is 57.9 Å². The van der Waals surface area contributed by atoms with Gasteiger partial charge in [0.15, 0.2) is 0 Å². The Kier molecular flexibility index (Phi) is 7.16. The van der Waals surface area contributed by atoms with E-state index in [0.717, 1.165) is 55.3 Å². The molecule has 1 aliphatic rings. The van der Waals surface area contributed by atoms with Gasteiger partial charge >= 0.3 is 0 Å². The average molecular weight is 448 g/mol. The number of aromatic hydroxyl groups is 1. The van der Waals surface area contributed by atoms with Crippen molar-refractivity contribution in [2.45, 2.75) is 26.4 Å². The van der Waals surface area contributed by atoms with Crippen LogP contribution in [0.25, 0.3) is 0 Å². The lowest BCUT2D eigenvalue weighted by Crippen LogP contribution is -2.48. The van der Waals surface area contributed by atoms with Crippen molar-refractivity contribution in [2.75, 3.05) is 39.8 Å². The number of aromatic nitrogens is 1. The highest BCUT2D eigenvalue weighted by Crippen LogP contribution is 2.34. The fourth-order valence-corrected chi connectivity index (χ4v) is 4.67. The predicted molar refractivity (Wildman–Crippen MR) is 131 cm³/mol. The van der Waals surface area contributed by atoms with E-state index < -0.39 is 0 Å². The van der Waals surface area contributed by atoms with Crippen molar-refractivity contribution in [1.82, 2.24) is 14.4 Å². The summed E-state index contributed by atoms with van der Waals surface area (Å²) < 4.78 is 7.11. The largest absolute Gasteiger partial charge is 0.507 e. The van der Waals surface area contributed by atoms with Gasteiger partial charge in [0.1, 0.15) is 11.5 Å². The molecule has 2 aromatic carbocycles. The van der Waals surface area contributed by atoms with Crippen molar-refractivity contribution in [2.24, 2.45) is 0 Å². The number of aryl methyl sites for hydroxylation is 1. The van der Waals surface area contributed by atoms with Crippen LogP contribution in [0, 0.1) is 6.92 Å². The summed E-state index contributed by atoms with van der Waals surface area (Å²) in [4.78, 5) is 18.6. The Hall–Kier alpha value is -3.09. The quantitative estimate of drug-likeness (QED) is 0.599. The molecule has 1 N–H and O–H groups in total. The molecule has 0 unspecified atom stereocenters. The van der Waals surface area contributed by atoms with Gasteiger partial charge in [-0.3, -0.25) is 9.69 Å². The number of nitrogens with zero attached hydrogens (tertiary/aromatic N) is 3. The van der Waals surface area contributed by atoms with Crippen LogP contribution in [0.2, 0.25) is 0 Å². The summed E-state index contributed by atoms with van der Waals surface area (Å²) in [6, 6.07) is 19.2. The van der Waals surface area contributed by atoms with Crippen LogP contribution in [0.3, 0.4) is 0 Å². The van der Waals surface area contributed by atoms with Crippen LogP contribution in [-0.2, 0) is 6.54 Å². The van der Waals surface area contributed by atoms with Crippen LogP contribution in [0.15, 0.2) is 65.5 Å². The van der Waals surface area contributed by atoms with E-state index in [1.54, 1.807) is 17.7 Å². The Bertz CT molecular complexity index is 1120. The fourth-order valence-electron chi connectivity index (χ4n) is 4.67. The molecule has 2 heterocycles. The smallest absolute Gasteiger partial charge is 0.259 e. The van der Waals surface area contributed by atoms with E-state index in [2.05, 4.69) is 16.7 Å². The lowest BCUT2D eigenvalue weighted by Gasteiger charge is -2.39. The highest BCUT2D eigenvalue weighted by molar-refractivity contribution is 5.42. The monoisotopic (exact) mass is 447 g/mol. The first-order chi connectivity index (χ1) is 16.0. The first-order valence-corrected chi connectivity index (χ1v) is 11.6. The molecule has 1 aliphatic heterocycles. The summed E-state index contributed by atoms with van der Waals surface area (Å²) in [6.45, 7) is 9.06. The predicted octanol–water partition coefficient (Wildman–Crippen LogP) is 3.65. The molecule has 1 saturated heterocycles. The molecule has 174 valence electrons. The number of rotatable bonds is 7. The van der Waals surface area contributed by atoms with Gasteiger partial charge in [-0.15, -0.1) is 0 Å². The third-order valence-electron chi connectivity index (χ3n) is 6.63. The van der Waals surface area contributed by atoms with Crippen LogP contribution in [-0.4, -0.2) is 59.3 Å². The molecule has 4 rings (SSSR count). The van der Waals surface area contributed by atoms with E-state index in [1.165, 1.54) is 0 Å². The number of piperazine rings is 1. The molecule has 0 spiro atoms. The van der Waals surface area contributed by atoms with Gasteiger partial charge in [-0.2, -0.15) is 0 Å². The zero-order valence-corrected chi connectivity index (χ0v) is 19.7. The van der Waals surface area contributed by atoms with Gasteiger partial charge < -0.3 is 19.3 Å². The van der Waals surface area contributed by atoms with Gasteiger partial charge in [-0.1, -0.05) is 49.4 Å². The summed E-state index contributed by atoms with van der Waals surface area (Å²) >= 11 is 0. The minimum atomic E-state index is -0.329. The van der Waals surface area contributed by atoms with Gasteiger partial charge in [0, 0.05) is 31.9 Å². The highest BCUT2D eigenvalue weighted by Gasteiger charge is 2.31. The molecule has 0 bridgehead atoms. The molecule has 1 fully saturated rings. The molecule has 0 radical (unpaired) electrons. The van der Waals surface area contributed by atoms with Gasteiger partial charge in [-0.25, -0.2) is 0 Å². The average Bonchev–Trinajstić information content (AvgIpc) is 2.85. The van der Waals surface area contributed by atoms with Crippen LogP contribution < -0.4 is 10.3 Å². The van der Waals surface area contributed by atoms with E-state index in [9.17, 15) is 9.90 Å². The Balaban J connectivity index is 1.80. The Morgan fingerprint density at radius 3 is 2.27 bits per heavy atom. The van der Waals surface area contributed by atoms with Crippen molar-refractivity contribution in [3.8, 4) is 11.5 Å². The van der Waals surface area contributed by atoms with Crippen LogP contribution in [0.4, 0.5) is 0 Å². The maximum Gasteiger partial charge on any atom is 0.259 e. The second kappa shape index (κ2) is 10.2. The first kappa shape index (κ1) is 23.1. The number of hydrogen-bond donors (Lipinski definition) is 1. The third-order valence-corrected chi connectivity index (χ3v) is 6.63. The van der Waals surface area contributed by atoms with Crippen LogP contribution in [0.5, 0.6) is 11.5 Å². The number of benzene rings is 2. The number of pyridine rings is 1. The SMILES string of the molecule is CCN1CCN([C@H](c2ccc(OC)cc2)c2c(O)cc(C)n(Cc3ccccc3)c2=O)CC1. The minimum Gasteiger partial charge on any atom is -0.507 e. The molecular formula is C27H33N3O3. The molecule has 1 aromatic heterocycles. The maximum absolute atomic E-state index is 13.9. The van der Waals surface area contributed by atoms with Crippen molar-refractivity contribution in [3.05, 3.63) is 93.4 Å². The minimum absolute atomic E-state index is 0.0561. The van der Waals surface area contributed by atoms with Crippen molar-refractivity contribution in [3.63, 3.8) is 0 Å². The van der Waals surface area contributed by atoms with Crippen molar-refractivity contribution >= 4 is 0 Å². The summed E-state index contributed by atoms with van der Waals surface area (Å²) in [5, 5.41) is 11.0. The third kappa shape index (κ3) is 4.97. The normalized spacial score (nSPS) is 16.0. The highest BCUT2D eigenvalue weighted by atomic mass is 16.5. The number of methoxy groups -OCH3 is 1. The van der Waals surface area contributed by atoms with E-state index in [-0.39, 0.29) is 17.4 Å². The van der Waals surface area contributed by atoms with Gasteiger partial charge in [0.05, 0.1) is 25.3 Å². The molecule has 6 nitrogen and oxygen atoms in total. The summed E-state index contributed by atoms with van der Waals surface area (Å²) in [6.07, 6.45) is 0. The van der Waals surface area contributed by atoms with Crippen molar-refractivity contribution in [1.29, 1.82) is 0 Å².